The predicted molar refractivity (Wildman–Crippen MR) is 185 cm³/mol. The minimum absolute atomic E-state index is 0.0447. The van der Waals surface area contributed by atoms with Crippen LogP contribution in [0, 0.1) is 6.92 Å². The van der Waals surface area contributed by atoms with Crippen molar-refractivity contribution < 1.29 is 28.7 Å². The zero-order valence-electron chi connectivity index (χ0n) is 27.9. The molecule has 0 saturated carbocycles. The molecular weight excluding hydrogens is 648 g/mol. The molecule has 1 atom stereocenters. The summed E-state index contributed by atoms with van der Waals surface area (Å²) in [5, 5.41) is 6.11. The van der Waals surface area contributed by atoms with E-state index in [0.717, 1.165) is 5.56 Å². The van der Waals surface area contributed by atoms with Crippen molar-refractivity contribution >= 4 is 41.5 Å². The fourth-order valence-electron chi connectivity index (χ4n) is 5.42. The molecule has 0 bridgehead atoms. The summed E-state index contributed by atoms with van der Waals surface area (Å²) in [5.41, 5.74) is 3.91. The van der Waals surface area contributed by atoms with E-state index < -0.39 is 17.6 Å². The Balaban J connectivity index is 1.42. The number of ether oxygens (including phenoxy) is 2. The number of rotatable bonds is 10. The van der Waals surface area contributed by atoms with Gasteiger partial charge in [0.2, 0.25) is 11.8 Å². The summed E-state index contributed by atoms with van der Waals surface area (Å²) in [5.74, 6) is -0.216. The molecule has 5 rings (SSSR count). The topological polar surface area (TPSA) is 153 Å². The van der Waals surface area contributed by atoms with E-state index in [1.54, 1.807) is 56.1 Å². The van der Waals surface area contributed by atoms with Crippen molar-refractivity contribution in [3.63, 3.8) is 0 Å². The summed E-state index contributed by atoms with van der Waals surface area (Å²) in [6, 6.07) is 13.5. The molecule has 1 aliphatic rings. The van der Waals surface area contributed by atoms with Crippen LogP contribution in [-0.4, -0.2) is 69.3 Å². The average Bonchev–Trinajstić information content (AvgIpc) is 3.49. The summed E-state index contributed by atoms with van der Waals surface area (Å²) >= 11 is 6.99. The van der Waals surface area contributed by atoms with E-state index in [1.165, 1.54) is 25.4 Å². The number of nitrogens with zero attached hydrogens (tertiary/aromatic N) is 4. The number of anilines is 1. The van der Waals surface area contributed by atoms with Crippen LogP contribution in [0.2, 0.25) is 5.02 Å². The molecule has 49 heavy (non-hydrogen) atoms. The quantitative estimate of drug-likeness (QED) is 0.184. The first-order valence-electron chi connectivity index (χ1n) is 15.7. The maximum absolute atomic E-state index is 13.2. The number of nitrogens with one attached hydrogen (secondary N) is 2. The molecule has 3 aromatic heterocycles. The van der Waals surface area contributed by atoms with Gasteiger partial charge in [-0.05, 0) is 76.1 Å². The standard InChI is InChI=1S/C36H37ClN6O6/c1-21-25(7-6-8-27(21)41-33(46)29-17-22(20-44)13-15-38-29)32-31(37)26(14-16-39-32)28-11-9-23(34(42-28)48-5)18-43(35(47)49-36(2,3)4)19-24-10-12-30(45)40-24/h6-9,11,13-17,20,24H,10,12,18-19H2,1-5H3,(H,40,45)(H,41,46)/t24-/m0/s1. The second-order valence-corrected chi connectivity index (χ2v) is 13.0. The summed E-state index contributed by atoms with van der Waals surface area (Å²) in [4.78, 5) is 64.1. The molecule has 4 heterocycles. The monoisotopic (exact) mass is 684 g/mol. The fourth-order valence-corrected chi connectivity index (χ4v) is 5.73. The second kappa shape index (κ2) is 14.8. The highest BCUT2D eigenvalue weighted by molar-refractivity contribution is 6.35. The maximum atomic E-state index is 13.2. The Labute approximate surface area is 289 Å². The molecule has 0 spiro atoms. The van der Waals surface area contributed by atoms with Crippen molar-refractivity contribution in [3.05, 3.63) is 88.3 Å². The third-order valence-corrected chi connectivity index (χ3v) is 8.21. The lowest BCUT2D eigenvalue weighted by molar-refractivity contribution is -0.119. The van der Waals surface area contributed by atoms with E-state index in [0.29, 0.717) is 69.4 Å². The van der Waals surface area contributed by atoms with Crippen molar-refractivity contribution in [2.24, 2.45) is 0 Å². The van der Waals surface area contributed by atoms with Gasteiger partial charge in [-0.1, -0.05) is 23.7 Å². The Morgan fingerprint density at radius 1 is 1.10 bits per heavy atom. The molecular formula is C36H37ClN6O6. The largest absolute Gasteiger partial charge is 0.481 e. The molecule has 0 aliphatic carbocycles. The van der Waals surface area contributed by atoms with Crippen LogP contribution in [0.4, 0.5) is 10.5 Å². The van der Waals surface area contributed by atoms with Crippen molar-refractivity contribution in [2.45, 2.75) is 58.7 Å². The van der Waals surface area contributed by atoms with E-state index in [4.69, 9.17) is 26.1 Å². The van der Waals surface area contributed by atoms with Gasteiger partial charge in [-0.25, -0.2) is 9.78 Å². The number of aromatic nitrogens is 3. The minimum atomic E-state index is -0.708. The summed E-state index contributed by atoms with van der Waals surface area (Å²) < 4.78 is 11.3. The lowest BCUT2D eigenvalue weighted by Crippen LogP contribution is -2.43. The lowest BCUT2D eigenvalue weighted by atomic mass is 10.0. The van der Waals surface area contributed by atoms with Gasteiger partial charge >= 0.3 is 6.09 Å². The van der Waals surface area contributed by atoms with Gasteiger partial charge in [-0.3, -0.25) is 24.4 Å². The van der Waals surface area contributed by atoms with Crippen LogP contribution in [0.25, 0.3) is 22.5 Å². The molecule has 1 saturated heterocycles. The van der Waals surface area contributed by atoms with E-state index in [1.807, 2.05) is 19.1 Å². The molecule has 2 N–H and O–H groups in total. The third kappa shape index (κ3) is 8.39. The molecule has 1 aromatic carbocycles. The predicted octanol–water partition coefficient (Wildman–Crippen LogP) is 6.26. The van der Waals surface area contributed by atoms with Crippen molar-refractivity contribution in [3.8, 4) is 28.4 Å². The van der Waals surface area contributed by atoms with Crippen molar-refractivity contribution in [1.82, 2.24) is 25.2 Å². The number of benzene rings is 1. The maximum Gasteiger partial charge on any atom is 0.410 e. The zero-order valence-corrected chi connectivity index (χ0v) is 28.6. The van der Waals surface area contributed by atoms with Gasteiger partial charge in [0.1, 0.15) is 17.6 Å². The highest BCUT2D eigenvalue weighted by Crippen LogP contribution is 2.38. The first-order chi connectivity index (χ1) is 23.4. The van der Waals surface area contributed by atoms with Crippen LogP contribution in [0.15, 0.2) is 60.9 Å². The molecule has 3 amide bonds. The van der Waals surface area contributed by atoms with Crippen LogP contribution in [0.1, 0.15) is 65.6 Å². The van der Waals surface area contributed by atoms with Gasteiger partial charge in [0.15, 0.2) is 0 Å². The van der Waals surface area contributed by atoms with Crippen LogP contribution in [0.5, 0.6) is 5.88 Å². The molecule has 254 valence electrons. The van der Waals surface area contributed by atoms with E-state index >= 15 is 0 Å². The first kappa shape index (κ1) is 35.0. The third-order valence-electron chi connectivity index (χ3n) is 7.83. The zero-order chi connectivity index (χ0) is 35.3. The number of pyridine rings is 3. The van der Waals surface area contributed by atoms with E-state index in [2.05, 4.69) is 20.6 Å². The van der Waals surface area contributed by atoms with Gasteiger partial charge in [0.25, 0.3) is 5.91 Å². The summed E-state index contributed by atoms with van der Waals surface area (Å²) in [6.45, 7) is 7.64. The normalized spacial score (nSPS) is 14.2. The van der Waals surface area contributed by atoms with Gasteiger partial charge in [0.05, 0.1) is 30.1 Å². The molecule has 4 aromatic rings. The van der Waals surface area contributed by atoms with Gasteiger partial charge in [-0.2, -0.15) is 0 Å². The first-order valence-corrected chi connectivity index (χ1v) is 16.0. The molecule has 1 aliphatic heterocycles. The number of aldehydes is 1. The Morgan fingerprint density at radius 2 is 1.88 bits per heavy atom. The van der Waals surface area contributed by atoms with Gasteiger partial charge < -0.3 is 25.0 Å². The highest BCUT2D eigenvalue weighted by atomic mass is 35.5. The van der Waals surface area contributed by atoms with Gasteiger partial charge in [-0.15, -0.1) is 0 Å². The molecule has 0 radical (unpaired) electrons. The fraction of sp³-hybridized carbons (Fsp3) is 0.306. The van der Waals surface area contributed by atoms with Crippen LogP contribution in [-0.2, 0) is 16.1 Å². The summed E-state index contributed by atoms with van der Waals surface area (Å²) in [7, 11) is 1.50. The van der Waals surface area contributed by atoms with E-state index in [9.17, 15) is 19.2 Å². The van der Waals surface area contributed by atoms with Crippen molar-refractivity contribution in [1.29, 1.82) is 0 Å². The lowest BCUT2D eigenvalue weighted by Gasteiger charge is -2.29. The Hall–Kier alpha value is -5.36. The number of methoxy groups -OCH3 is 1. The number of carbonyl (C=O) groups excluding carboxylic acids is 4. The van der Waals surface area contributed by atoms with Crippen LogP contribution >= 0.6 is 11.6 Å². The number of hydrogen-bond acceptors (Lipinski definition) is 9. The smallest absolute Gasteiger partial charge is 0.410 e. The number of halogens is 1. The highest BCUT2D eigenvalue weighted by Gasteiger charge is 2.29. The average molecular weight is 685 g/mol. The number of amides is 3. The minimum Gasteiger partial charge on any atom is -0.481 e. The second-order valence-electron chi connectivity index (χ2n) is 12.6. The van der Waals surface area contributed by atoms with Crippen LogP contribution < -0.4 is 15.4 Å². The SMILES string of the molecule is COc1nc(-c2ccnc(-c3cccc(NC(=O)c4cc(C=O)ccn4)c3C)c2Cl)ccc1CN(C[C@@H]1CCC(=O)N1)C(=O)OC(C)(C)C. The molecule has 12 nitrogen and oxygen atoms in total. The Morgan fingerprint density at radius 3 is 2.57 bits per heavy atom. The van der Waals surface area contributed by atoms with E-state index in [-0.39, 0.29) is 30.7 Å². The molecule has 1 fully saturated rings. The summed E-state index contributed by atoms with van der Waals surface area (Å²) in [6.07, 6.45) is 4.20. The number of hydrogen-bond donors (Lipinski definition) is 2. The number of carbonyl (C=O) groups is 4. The molecule has 0 unspecified atom stereocenters. The van der Waals surface area contributed by atoms with Crippen LogP contribution in [0.3, 0.4) is 0 Å². The molecule has 13 heteroatoms. The Kier molecular flexibility index (Phi) is 10.6. The van der Waals surface area contributed by atoms with Crippen molar-refractivity contribution in [2.75, 3.05) is 19.0 Å². The Bertz CT molecular complexity index is 1910. The van der Waals surface area contributed by atoms with Gasteiger partial charge in [0, 0.05) is 59.3 Å².